The van der Waals surface area contributed by atoms with E-state index in [1.165, 1.54) is 22.2 Å². The highest BCUT2D eigenvalue weighted by molar-refractivity contribution is 6.35. The standard InChI is InChI=1S/C34H38N4O3/c1-4-5-6-7-8-16-32(39)34(41)37(3)23-26-12-11-13-28(21-26)27-17-19-29(20-18-27)36-31-15-10-9-14-30(31)33(40)38-22-25(2)35-24-38/h9-15,17-22,24,36H,4-8,16,23H2,1-3H3. The van der Waals surface area contributed by atoms with Crippen LogP contribution in [0.1, 0.15) is 67.1 Å². The van der Waals surface area contributed by atoms with Crippen LogP contribution in [0.4, 0.5) is 11.4 Å². The summed E-state index contributed by atoms with van der Waals surface area (Å²) in [6.45, 7) is 4.37. The molecule has 0 saturated heterocycles. The van der Waals surface area contributed by atoms with Crippen LogP contribution < -0.4 is 5.32 Å². The topological polar surface area (TPSA) is 84.3 Å². The van der Waals surface area contributed by atoms with E-state index in [9.17, 15) is 14.4 Å². The predicted octanol–water partition coefficient (Wildman–Crippen LogP) is 7.18. The third-order valence-corrected chi connectivity index (χ3v) is 7.04. The van der Waals surface area contributed by atoms with Crippen LogP contribution in [0, 0.1) is 6.92 Å². The first-order chi connectivity index (χ1) is 19.9. The van der Waals surface area contributed by atoms with E-state index < -0.39 is 5.91 Å². The lowest BCUT2D eigenvalue weighted by Gasteiger charge is -2.17. The van der Waals surface area contributed by atoms with Crippen molar-refractivity contribution in [1.82, 2.24) is 14.5 Å². The van der Waals surface area contributed by atoms with Crippen LogP contribution in [-0.4, -0.2) is 39.1 Å². The summed E-state index contributed by atoms with van der Waals surface area (Å²) in [5.74, 6) is -0.894. The number of ketones is 1. The molecule has 0 atom stereocenters. The van der Waals surface area contributed by atoms with Gasteiger partial charge in [0.1, 0.15) is 6.33 Å². The Kier molecular flexibility index (Phi) is 10.2. The summed E-state index contributed by atoms with van der Waals surface area (Å²) < 4.78 is 1.49. The third kappa shape index (κ3) is 8.01. The zero-order valence-electron chi connectivity index (χ0n) is 24.1. The van der Waals surface area contributed by atoms with E-state index in [4.69, 9.17) is 0 Å². The third-order valence-electron chi connectivity index (χ3n) is 7.04. The Balaban J connectivity index is 1.38. The van der Waals surface area contributed by atoms with E-state index >= 15 is 0 Å². The molecule has 1 heterocycles. The first-order valence-corrected chi connectivity index (χ1v) is 14.2. The SMILES string of the molecule is CCCCCCCC(=O)C(=O)N(C)Cc1cccc(-c2ccc(Nc3ccccc3C(=O)n3cnc(C)c3)cc2)c1. The number of hydrogen-bond acceptors (Lipinski definition) is 5. The lowest BCUT2D eigenvalue weighted by Crippen LogP contribution is -2.32. The van der Waals surface area contributed by atoms with Crippen LogP contribution in [0.25, 0.3) is 11.1 Å². The fourth-order valence-electron chi connectivity index (χ4n) is 4.76. The summed E-state index contributed by atoms with van der Waals surface area (Å²) in [6, 6.07) is 23.4. The van der Waals surface area contributed by atoms with Crippen LogP contribution >= 0.6 is 0 Å². The number of nitrogens with zero attached hydrogens (tertiary/aromatic N) is 3. The average Bonchev–Trinajstić information content (AvgIpc) is 3.43. The number of para-hydroxylation sites is 1. The molecule has 0 radical (unpaired) electrons. The molecule has 0 aliphatic carbocycles. The second-order valence-electron chi connectivity index (χ2n) is 10.4. The average molecular weight is 551 g/mol. The molecule has 7 nitrogen and oxygen atoms in total. The second kappa shape index (κ2) is 14.2. The molecule has 0 aliphatic rings. The lowest BCUT2D eigenvalue weighted by molar-refractivity contribution is -0.144. The quantitative estimate of drug-likeness (QED) is 0.141. The number of amides is 1. The molecule has 3 aromatic carbocycles. The molecule has 212 valence electrons. The van der Waals surface area contributed by atoms with Gasteiger partial charge in [-0.3, -0.25) is 19.0 Å². The van der Waals surface area contributed by atoms with Gasteiger partial charge in [0.25, 0.3) is 11.8 Å². The van der Waals surface area contributed by atoms with Gasteiger partial charge in [-0.2, -0.15) is 0 Å². The maximum absolute atomic E-state index is 13.0. The summed E-state index contributed by atoms with van der Waals surface area (Å²) in [6.07, 6.45) is 8.74. The zero-order valence-corrected chi connectivity index (χ0v) is 24.1. The first-order valence-electron chi connectivity index (χ1n) is 14.2. The van der Waals surface area contributed by atoms with Crippen LogP contribution in [0.15, 0.2) is 85.3 Å². The summed E-state index contributed by atoms with van der Waals surface area (Å²) in [5, 5.41) is 3.36. The minimum atomic E-state index is -0.428. The van der Waals surface area contributed by atoms with Crippen LogP contribution in [0.3, 0.4) is 0 Å². The fourth-order valence-corrected chi connectivity index (χ4v) is 4.76. The van der Waals surface area contributed by atoms with Crippen molar-refractivity contribution in [3.8, 4) is 11.1 Å². The van der Waals surface area contributed by atoms with E-state index in [0.29, 0.717) is 24.2 Å². The van der Waals surface area contributed by atoms with Gasteiger partial charge in [-0.1, -0.05) is 75.1 Å². The van der Waals surface area contributed by atoms with E-state index in [1.54, 1.807) is 19.3 Å². The van der Waals surface area contributed by atoms with Crippen LogP contribution in [-0.2, 0) is 16.1 Å². The fraction of sp³-hybridized carbons (Fsp3) is 0.294. The van der Waals surface area contributed by atoms with Gasteiger partial charge in [0.2, 0.25) is 5.78 Å². The number of benzene rings is 3. The van der Waals surface area contributed by atoms with Gasteiger partial charge in [-0.25, -0.2) is 4.98 Å². The number of carbonyl (C=O) groups excluding carboxylic acids is 3. The van der Waals surface area contributed by atoms with E-state index in [-0.39, 0.29) is 11.7 Å². The number of likely N-dealkylation sites (N-methyl/N-ethyl adjacent to an activating group) is 1. The molecule has 4 aromatic rings. The van der Waals surface area contributed by atoms with Gasteiger partial charge in [-0.05, 0) is 60.4 Å². The minimum absolute atomic E-state index is 0.153. The lowest BCUT2D eigenvalue weighted by atomic mass is 10.0. The van der Waals surface area contributed by atoms with Gasteiger partial charge in [0, 0.05) is 31.9 Å². The molecule has 1 aromatic heterocycles. The Morgan fingerprint density at radius 3 is 2.37 bits per heavy atom. The normalized spacial score (nSPS) is 10.8. The number of carbonyl (C=O) groups is 3. The molecule has 0 fully saturated rings. The summed E-state index contributed by atoms with van der Waals surface area (Å²) in [5.41, 5.74) is 5.89. The number of Topliss-reactive ketones (excluding diaryl/α,β-unsaturated/α-hetero) is 1. The molecule has 0 spiro atoms. The maximum atomic E-state index is 13.0. The number of anilines is 2. The Labute approximate surface area is 242 Å². The summed E-state index contributed by atoms with van der Waals surface area (Å²) in [7, 11) is 1.68. The van der Waals surface area contributed by atoms with E-state index in [1.807, 2.05) is 73.7 Å². The number of unbranched alkanes of at least 4 members (excludes halogenated alkanes) is 4. The van der Waals surface area contributed by atoms with E-state index in [2.05, 4.69) is 17.2 Å². The zero-order chi connectivity index (χ0) is 29.2. The molecule has 0 bridgehead atoms. The van der Waals surface area contributed by atoms with Crippen molar-refractivity contribution in [3.63, 3.8) is 0 Å². The largest absolute Gasteiger partial charge is 0.355 e. The Hall–Kier alpha value is -4.52. The van der Waals surface area contributed by atoms with Crippen molar-refractivity contribution in [1.29, 1.82) is 0 Å². The van der Waals surface area contributed by atoms with Gasteiger partial charge in [-0.15, -0.1) is 0 Å². The van der Waals surface area contributed by atoms with Crippen molar-refractivity contribution in [2.75, 3.05) is 12.4 Å². The monoisotopic (exact) mass is 550 g/mol. The molecule has 0 saturated carbocycles. The molecule has 1 N–H and O–H groups in total. The number of aromatic nitrogens is 2. The van der Waals surface area contributed by atoms with Crippen molar-refractivity contribution >= 4 is 29.0 Å². The highest BCUT2D eigenvalue weighted by Crippen LogP contribution is 2.26. The highest BCUT2D eigenvalue weighted by Gasteiger charge is 2.18. The molecule has 4 rings (SSSR count). The summed E-state index contributed by atoms with van der Waals surface area (Å²) in [4.78, 5) is 43.7. The number of aryl methyl sites for hydroxylation is 1. The van der Waals surface area contributed by atoms with Crippen LogP contribution in [0.5, 0.6) is 0 Å². The molecule has 41 heavy (non-hydrogen) atoms. The maximum Gasteiger partial charge on any atom is 0.289 e. The van der Waals surface area contributed by atoms with Gasteiger partial charge >= 0.3 is 0 Å². The molecule has 1 amide bonds. The Bertz CT molecular complexity index is 1490. The van der Waals surface area contributed by atoms with Crippen molar-refractivity contribution < 1.29 is 14.4 Å². The molecular weight excluding hydrogens is 512 g/mol. The Morgan fingerprint density at radius 2 is 1.63 bits per heavy atom. The van der Waals surface area contributed by atoms with Crippen molar-refractivity contribution in [3.05, 3.63) is 102 Å². The van der Waals surface area contributed by atoms with Gasteiger partial charge in [0.15, 0.2) is 0 Å². The summed E-state index contributed by atoms with van der Waals surface area (Å²) >= 11 is 0. The van der Waals surface area contributed by atoms with Crippen LogP contribution in [0.2, 0.25) is 0 Å². The van der Waals surface area contributed by atoms with Gasteiger partial charge in [0.05, 0.1) is 16.9 Å². The number of nitrogens with one attached hydrogen (secondary N) is 1. The van der Waals surface area contributed by atoms with E-state index in [0.717, 1.165) is 53.8 Å². The first kappa shape index (κ1) is 29.5. The Morgan fingerprint density at radius 1 is 0.878 bits per heavy atom. The molecular formula is C34H38N4O3. The second-order valence-corrected chi connectivity index (χ2v) is 10.4. The van der Waals surface area contributed by atoms with Crippen molar-refractivity contribution in [2.45, 2.75) is 58.9 Å². The number of hydrogen-bond donors (Lipinski definition) is 1. The molecule has 7 heteroatoms. The predicted molar refractivity (Wildman–Crippen MR) is 163 cm³/mol. The minimum Gasteiger partial charge on any atom is -0.355 e. The van der Waals surface area contributed by atoms with Crippen molar-refractivity contribution in [2.24, 2.45) is 0 Å². The molecule has 0 unspecified atom stereocenters. The number of rotatable bonds is 13. The molecule has 0 aliphatic heterocycles. The highest BCUT2D eigenvalue weighted by atomic mass is 16.2. The number of imidazole rings is 1. The van der Waals surface area contributed by atoms with Gasteiger partial charge < -0.3 is 10.2 Å². The smallest absolute Gasteiger partial charge is 0.289 e.